The minimum atomic E-state index is -3.54. The second-order valence-electron chi connectivity index (χ2n) is 4.39. The summed E-state index contributed by atoms with van der Waals surface area (Å²) >= 11 is 1.25. The maximum Gasteiger partial charge on any atom is 0.250 e. The average molecular weight is 315 g/mol. The van der Waals surface area contributed by atoms with E-state index in [1.807, 2.05) is 13.1 Å². The van der Waals surface area contributed by atoms with Crippen LogP contribution in [0.2, 0.25) is 0 Å². The highest BCUT2D eigenvalue weighted by Gasteiger charge is 2.22. The molecule has 7 nitrogen and oxygen atoms in total. The van der Waals surface area contributed by atoms with Gasteiger partial charge in [0.15, 0.2) is 0 Å². The van der Waals surface area contributed by atoms with Gasteiger partial charge < -0.3 is 9.88 Å². The molecule has 0 amide bonds. The SMILES string of the molecule is CNCc1ccc(S(=O)(=O)NC(C)c2nncn2C)s1. The van der Waals surface area contributed by atoms with E-state index in [-0.39, 0.29) is 0 Å². The second-order valence-corrected chi connectivity index (χ2v) is 7.50. The fraction of sp³-hybridized carbons (Fsp3) is 0.455. The van der Waals surface area contributed by atoms with Gasteiger partial charge in [0.2, 0.25) is 0 Å². The lowest BCUT2D eigenvalue weighted by molar-refractivity contribution is 0.555. The standard InChI is InChI=1S/C11H17N5O2S2/c1-8(11-14-13-7-16(11)3)15-20(17,18)10-5-4-9(19-10)6-12-2/h4-5,7-8,12,15H,6H2,1-3H3. The zero-order valence-electron chi connectivity index (χ0n) is 11.5. The van der Waals surface area contributed by atoms with Crippen LogP contribution in [0.4, 0.5) is 0 Å². The number of rotatable bonds is 6. The van der Waals surface area contributed by atoms with E-state index >= 15 is 0 Å². The molecule has 20 heavy (non-hydrogen) atoms. The molecule has 0 aliphatic carbocycles. The highest BCUT2D eigenvalue weighted by Crippen LogP contribution is 2.23. The summed E-state index contributed by atoms with van der Waals surface area (Å²) in [5.74, 6) is 0.570. The number of aromatic nitrogens is 3. The smallest absolute Gasteiger partial charge is 0.250 e. The molecular weight excluding hydrogens is 298 g/mol. The van der Waals surface area contributed by atoms with Crippen molar-refractivity contribution in [1.29, 1.82) is 0 Å². The zero-order chi connectivity index (χ0) is 14.8. The fourth-order valence-corrected chi connectivity index (χ4v) is 4.39. The van der Waals surface area contributed by atoms with Gasteiger partial charge in [-0.25, -0.2) is 13.1 Å². The molecule has 0 aliphatic heterocycles. The molecule has 0 radical (unpaired) electrons. The van der Waals surface area contributed by atoms with Crippen LogP contribution in [0.25, 0.3) is 0 Å². The van der Waals surface area contributed by atoms with Crippen LogP contribution in [0.15, 0.2) is 22.7 Å². The van der Waals surface area contributed by atoms with E-state index in [1.165, 1.54) is 17.7 Å². The van der Waals surface area contributed by atoms with Crippen molar-refractivity contribution in [1.82, 2.24) is 24.8 Å². The Kier molecular flexibility index (Phi) is 4.53. The van der Waals surface area contributed by atoms with Gasteiger partial charge in [0.1, 0.15) is 16.4 Å². The van der Waals surface area contributed by atoms with Crippen LogP contribution >= 0.6 is 11.3 Å². The largest absolute Gasteiger partial charge is 0.319 e. The first-order chi connectivity index (χ1) is 9.44. The molecule has 0 aromatic carbocycles. The van der Waals surface area contributed by atoms with Crippen LogP contribution < -0.4 is 10.0 Å². The third-order valence-electron chi connectivity index (χ3n) is 2.72. The van der Waals surface area contributed by atoms with Gasteiger partial charge in [-0.05, 0) is 26.1 Å². The van der Waals surface area contributed by atoms with E-state index in [4.69, 9.17) is 0 Å². The molecule has 1 unspecified atom stereocenters. The highest BCUT2D eigenvalue weighted by atomic mass is 32.2. The van der Waals surface area contributed by atoms with Gasteiger partial charge >= 0.3 is 0 Å². The van der Waals surface area contributed by atoms with Crippen LogP contribution in [-0.2, 0) is 23.6 Å². The lowest BCUT2D eigenvalue weighted by atomic mass is 10.3. The third kappa shape index (κ3) is 3.23. The van der Waals surface area contributed by atoms with Gasteiger partial charge in [-0.15, -0.1) is 21.5 Å². The van der Waals surface area contributed by atoms with E-state index in [0.29, 0.717) is 16.6 Å². The molecule has 0 spiro atoms. The van der Waals surface area contributed by atoms with E-state index in [2.05, 4.69) is 20.2 Å². The predicted octanol–water partition coefficient (Wildman–Crippen LogP) is 0.635. The van der Waals surface area contributed by atoms with Crippen molar-refractivity contribution in [3.63, 3.8) is 0 Å². The minimum absolute atomic E-state index is 0.303. The first kappa shape index (κ1) is 15.1. The Morgan fingerprint density at radius 1 is 1.45 bits per heavy atom. The van der Waals surface area contributed by atoms with Crippen molar-refractivity contribution >= 4 is 21.4 Å². The molecule has 2 aromatic heterocycles. The summed E-state index contributed by atoms with van der Waals surface area (Å²) in [5, 5.41) is 10.6. The first-order valence-electron chi connectivity index (χ1n) is 6.03. The number of nitrogens with one attached hydrogen (secondary N) is 2. The van der Waals surface area contributed by atoms with Gasteiger partial charge in [-0.3, -0.25) is 0 Å². The van der Waals surface area contributed by atoms with Crippen LogP contribution in [0.3, 0.4) is 0 Å². The number of aryl methyl sites for hydroxylation is 1. The van der Waals surface area contributed by atoms with Crippen LogP contribution in [0.5, 0.6) is 0 Å². The van der Waals surface area contributed by atoms with E-state index in [9.17, 15) is 8.42 Å². The van der Waals surface area contributed by atoms with E-state index < -0.39 is 16.1 Å². The van der Waals surface area contributed by atoms with Crippen molar-refractivity contribution < 1.29 is 8.42 Å². The van der Waals surface area contributed by atoms with Gasteiger partial charge in [0.05, 0.1) is 6.04 Å². The molecule has 0 aliphatic rings. The Labute approximate surface area is 122 Å². The first-order valence-corrected chi connectivity index (χ1v) is 8.33. The molecule has 0 fully saturated rings. The molecule has 110 valence electrons. The summed E-state index contributed by atoms with van der Waals surface area (Å²) in [7, 11) is 0.0557. The lowest BCUT2D eigenvalue weighted by Gasteiger charge is -2.12. The molecule has 2 heterocycles. The van der Waals surface area contributed by atoms with Gasteiger partial charge in [-0.1, -0.05) is 0 Å². The molecule has 9 heteroatoms. The van der Waals surface area contributed by atoms with Crippen LogP contribution in [0.1, 0.15) is 23.7 Å². The summed E-state index contributed by atoms with van der Waals surface area (Å²) in [5.41, 5.74) is 0. The maximum atomic E-state index is 12.3. The quantitative estimate of drug-likeness (QED) is 0.816. The summed E-state index contributed by atoms with van der Waals surface area (Å²) in [6.07, 6.45) is 1.54. The molecule has 0 saturated heterocycles. The Morgan fingerprint density at radius 2 is 2.20 bits per heavy atom. The summed E-state index contributed by atoms with van der Waals surface area (Å²) in [6.45, 7) is 2.39. The van der Waals surface area contributed by atoms with Crippen molar-refractivity contribution in [3.05, 3.63) is 29.2 Å². The third-order valence-corrected chi connectivity index (χ3v) is 5.84. The normalized spacial score (nSPS) is 13.6. The number of sulfonamides is 1. The molecule has 1 atom stereocenters. The van der Waals surface area contributed by atoms with E-state index in [1.54, 1.807) is 24.6 Å². The topological polar surface area (TPSA) is 88.9 Å². The molecule has 2 rings (SSSR count). The number of hydrogen-bond acceptors (Lipinski definition) is 6. The van der Waals surface area contributed by atoms with Gasteiger partial charge in [0, 0.05) is 18.5 Å². The average Bonchev–Trinajstić information content (AvgIpc) is 2.98. The Bertz CT molecular complexity index is 677. The molecule has 0 bridgehead atoms. The zero-order valence-corrected chi connectivity index (χ0v) is 13.1. The lowest BCUT2D eigenvalue weighted by Crippen LogP contribution is -2.28. The van der Waals surface area contributed by atoms with Gasteiger partial charge in [-0.2, -0.15) is 0 Å². The van der Waals surface area contributed by atoms with E-state index in [0.717, 1.165) is 4.88 Å². The number of nitrogens with zero attached hydrogens (tertiary/aromatic N) is 3. The molecule has 2 aromatic rings. The molecular formula is C11H17N5O2S2. The monoisotopic (exact) mass is 315 g/mol. The van der Waals surface area contributed by atoms with Crippen LogP contribution in [-0.4, -0.2) is 30.2 Å². The van der Waals surface area contributed by atoms with Crippen LogP contribution in [0, 0.1) is 0 Å². The number of hydrogen-bond donors (Lipinski definition) is 2. The Balaban J connectivity index is 2.16. The van der Waals surface area contributed by atoms with Gasteiger partial charge in [0.25, 0.3) is 10.0 Å². The molecule has 0 saturated carbocycles. The fourth-order valence-electron chi connectivity index (χ4n) is 1.80. The van der Waals surface area contributed by atoms with Crippen molar-refractivity contribution in [2.45, 2.75) is 23.7 Å². The number of thiophene rings is 1. The second kappa shape index (κ2) is 6.00. The maximum absolute atomic E-state index is 12.3. The molecule has 2 N–H and O–H groups in total. The predicted molar refractivity (Wildman–Crippen MR) is 76.8 cm³/mol. The highest BCUT2D eigenvalue weighted by molar-refractivity contribution is 7.91. The minimum Gasteiger partial charge on any atom is -0.319 e. The van der Waals surface area contributed by atoms with Crippen molar-refractivity contribution in [3.8, 4) is 0 Å². The summed E-state index contributed by atoms with van der Waals surface area (Å²) in [4.78, 5) is 0.971. The Hall–Kier alpha value is -1.29. The Morgan fingerprint density at radius 3 is 2.80 bits per heavy atom. The van der Waals surface area contributed by atoms with Crippen molar-refractivity contribution in [2.75, 3.05) is 7.05 Å². The summed E-state index contributed by atoms with van der Waals surface area (Å²) < 4.78 is 29.2. The van der Waals surface area contributed by atoms with Crippen molar-refractivity contribution in [2.24, 2.45) is 7.05 Å². The summed E-state index contributed by atoms with van der Waals surface area (Å²) in [6, 6.07) is 2.98.